The molecule has 2 heterocycles. The Bertz CT molecular complexity index is 994. The normalized spacial score (nSPS) is 23.5. The molecule has 0 radical (unpaired) electrons. The van der Waals surface area contributed by atoms with Crippen molar-refractivity contribution < 1.29 is 19.0 Å². The minimum absolute atomic E-state index is 0. The van der Waals surface area contributed by atoms with E-state index >= 15 is 0 Å². The molecule has 6 nitrogen and oxygen atoms in total. The van der Waals surface area contributed by atoms with E-state index in [9.17, 15) is 14.3 Å². The van der Waals surface area contributed by atoms with Crippen LogP contribution < -0.4 is 10.5 Å². The Kier molecular flexibility index (Phi) is 10.1. The van der Waals surface area contributed by atoms with Gasteiger partial charge in [-0.25, -0.2) is 4.39 Å². The predicted molar refractivity (Wildman–Crippen MR) is 135 cm³/mol. The number of carbonyl (C=O) groups excluding carboxylic acids is 1. The Balaban J connectivity index is 0.00000204. The number of likely N-dealkylation sites (tertiary alicyclic amines) is 1. The molecule has 3 N–H and O–H groups in total. The summed E-state index contributed by atoms with van der Waals surface area (Å²) in [5.41, 5.74) is 8.33. The van der Waals surface area contributed by atoms with Crippen molar-refractivity contribution in [2.75, 3.05) is 19.6 Å². The Hall–Kier alpha value is -1.93. The highest BCUT2D eigenvalue weighted by Gasteiger charge is 2.44. The number of fused-ring (bicyclic) bond motifs is 1. The minimum atomic E-state index is -0.608. The monoisotopic (exact) mass is 513 g/mol. The van der Waals surface area contributed by atoms with Crippen LogP contribution in [0.5, 0.6) is 5.75 Å². The Labute approximate surface area is 212 Å². The van der Waals surface area contributed by atoms with Gasteiger partial charge in [-0.05, 0) is 87.7 Å². The van der Waals surface area contributed by atoms with Gasteiger partial charge in [0.2, 0.25) is 0 Å². The van der Waals surface area contributed by atoms with Crippen LogP contribution in [0.25, 0.3) is 0 Å². The third kappa shape index (κ3) is 6.19. The van der Waals surface area contributed by atoms with Crippen LogP contribution >= 0.6 is 24.8 Å². The van der Waals surface area contributed by atoms with E-state index in [1.54, 1.807) is 17.0 Å². The summed E-state index contributed by atoms with van der Waals surface area (Å²) in [6.07, 6.45) is 1.79. The van der Waals surface area contributed by atoms with Gasteiger partial charge < -0.3 is 20.5 Å². The molecule has 9 heteroatoms. The van der Waals surface area contributed by atoms with E-state index in [2.05, 4.69) is 4.98 Å². The molecule has 2 aliphatic rings. The van der Waals surface area contributed by atoms with Gasteiger partial charge in [-0.1, -0.05) is 6.07 Å². The lowest BCUT2D eigenvalue weighted by molar-refractivity contribution is -0.0236. The van der Waals surface area contributed by atoms with Crippen molar-refractivity contribution >= 4 is 30.7 Å². The molecule has 0 spiro atoms. The summed E-state index contributed by atoms with van der Waals surface area (Å²) in [4.78, 5) is 19.3. The van der Waals surface area contributed by atoms with Crippen molar-refractivity contribution in [1.82, 2.24) is 9.88 Å². The zero-order valence-corrected chi connectivity index (χ0v) is 21.2. The van der Waals surface area contributed by atoms with Crippen LogP contribution in [0.1, 0.15) is 46.6 Å². The van der Waals surface area contributed by atoms with E-state index in [-0.39, 0.29) is 54.2 Å². The number of rotatable bonds is 6. The molecule has 2 aromatic rings. The van der Waals surface area contributed by atoms with Crippen molar-refractivity contribution in [3.8, 4) is 5.75 Å². The highest BCUT2D eigenvalue weighted by Crippen LogP contribution is 2.39. The van der Waals surface area contributed by atoms with Gasteiger partial charge >= 0.3 is 0 Å². The zero-order valence-electron chi connectivity index (χ0n) is 19.6. The first kappa shape index (κ1) is 28.3. The van der Waals surface area contributed by atoms with Crippen molar-refractivity contribution in [1.29, 1.82) is 0 Å². The molecule has 1 aromatic heterocycles. The van der Waals surface area contributed by atoms with Crippen LogP contribution in [0.2, 0.25) is 0 Å². The molecule has 1 aliphatic carbocycles. The molecular weight excluding hydrogens is 480 g/mol. The van der Waals surface area contributed by atoms with E-state index in [1.165, 1.54) is 6.07 Å². The van der Waals surface area contributed by atoms with Gasteiger partial charge in [0.1, 0.15) is 17.7 Å². The molecule has 1 saturated carbocycles. The van der Waals surface area contributed by atoms with E-state index in [0.717, 1.165) is 29.8 Å². The molecule has 4 rings (SSSR count). The van der Waals surface area contributed by atoms with Gasteiger partial charge in [-0.2, -0.15) is 0 Å². The van der Waals surface area contributed by atoms with Crippen LogP contribution in [-0.2, 0) is 6.42 Å². The number of hydrogen-bond acceptors (Lipinski definition) is 5. The molecule has 0 unspecified atom stereocenters. The van der Waals surface area contributed by atoms with Crippen molar-refractivity contribution in [3.63, 3.8) is 0 Å². The maximum Gasteiger partial charge on any atom is 0.256 e. The number of nitrogens with zero attached hydrogens (tertiary/aromatic N) is 2. The summed E-state index contributed by atoms with van der Waals surface area (Å²) in [6.45, 7) is 5.46. The summed E-state index contributed by atoms with van der Waals surface area (Å²) in [5, 5.41) is 10.7. The molecule has 2 fully saturated rings. The second kappa shape index (κ2) is 12.2. The Morgan fingerprint density at radius 1 is 1.18 bits per heavy atom. The fourth-order valence-electron chi connectivity index (χ4n) is 5.01. The molecule has 34 heavy (non-hydrogen) atoms. The van der Waals surface area contributed by atoms with Gasteiger partial charge in [0.15, 0.2) is 0 Å². The fraction of sp³-hybridized carbons (Fsp3) is 0.520. The average Bonchev–Trinajstić information content (AvgIpc) is 3.17. The van der Waals surface area contributed by atoms with E-state index < -0.39 is 11.9 Å². The number of benzene rings is 1. The van der Waals surface area contributed by atoms with Crippen LogP contribution in [0.4, 0.5) is 4.39 Å². The molecule has 188 valence electrons. The van der Waals surface area contributed by atoms with Crippen molar-refractivity contribution in [2.45, 2.75) is 51.7 Å². The Morgan fingerprint density at radius 3 is 2.56 bits per heavy atom. The van der Waals surface area contributed by atoms with Crippen molar-refractivity contribution in [3.05, 3.63) is 58.7 Å². The SMILES string of the molecule is Cc1ccc(O[C@@H]2C[C@@H]3CN(C(=O)c4cc(CCCN)ccc4F)C[C@@H]3C[C@H]2O)c(C)n1.Cl.Cl. The van der Waals surface area contributed by atoms with Gasteiger partial charge in [-0.15, -0.1) is 24.8 Å². The van der Waals surface area contributed by atoms with E-state index in [0.29, 0.717) is 38.2 Å². The first-order chi connectivity index (χ1) is 15.4. The quantitative estimate of drug-likeness (QED) is 0.611. The summed E-state index contributed by atoms with van der Waals surface area (Å²) in [6, 6.07) is 8.52. The molecular formula is C25H34Cl2FN3O3. The first-order valence-electron chi connectivity index (χ1n) is 11.4. The van der Waals surface area contributed by atoms with Gasteiger partial charge in [-0.3, -0.25) is 9.78 Å². The third-order valence-electron chi connectivity index (χ3n) is 6.76. The van der Waals surface area contributed by atoms with Crippen LogP contribution in [0.15, 0.2) is 30.3 Å². The number of carbonyl (C=O) groups is 1. The smallest absolute Gasteiger partial charge is 0.256 e. The van der Waals surface area contributed by atoms with E-state index in [1.807, 2.05) is 26.0 Å². The van der Waals surface area contributed by atoms with Crippen LogP contribution in [0.3, 0.4) is 0 Å². The number of hydrogen-bond donors (Lipinski definition) is 2. The molecule has 1 amide bonds. The lowest BCUT2D eigenvalue weighted by Gasteiger charge is -2.35. The number of nitrogens with two attached hydrogens (primary N) is 1. The lowest BCUT2D eigenvalue weighted by atomic mass is 9.78. The highest BCUT2D eigenvalue weighted by atomic mass is 35.5. The summed E-state index contributed by atoms with van der Waals surface area (Å²) < 4.78 is 20.6. The van der Waals surface area contributed by atoms with E-state index in [4.69, 9.17) is 10.5 Å². The number of aliphatic hydroxyl groups is 1. The fourth-order valence-corrected chi connectivity index (χ4v) is 5.01. The summed E-state index contributed by atoms with van der Waals surface area (Å²) in [7, 11) is 0. The van der Waals surface area contributed by atoms with Crippen LogP contribution in [0, 0.1) is 31.5 Å². The van der Waals surface area contributed by atoms with Gasteiger partial charge in [0.05, 0.1) is 17.4 Å². The number of aliphatic hydroxyl groups excluding tert-OH is 1. The van der Waals surface area contributed by atoms with Gasteiger partial charge in [0, 0.05) is 18.8 Å². The van der Waals surface area contributed by atoms with Crippen LogP contribution in [-0.4, -0.2) is 52.7 Å². The lowest BCUT2D eigenvalue weighted by Crippen LogP contribution is -2.42. The number of ether oxygens (including phenoxy) is 1. The number of halogens is 3. The second-order valence-electron chi connectivity index (χ2n) is 9.17. The molecule has 1 aromatic carbocycles. The topological polar surface area (TPSA) is 88.7 Å². The molecule has 4 atom stereocenters. The summed E-state index contributed by atoms with van der Waals surface area (Å²) >= 11 is 0. The molecule has 0 bridgehead atoms. The average molecular weight is 514 g/mol. The second-order valence-corrected chi connectivity index (χ2v) is 9.17. The largest absolute Gasteiger partial charge is 0.486 e. The first-order valence-corrected chi connectivity index (χ1v) is 11.4. The highest BCUT2D eigenvalue weighted by molar-refractivity contribution is 5.95. The summed E-state index contributed by atoms with van der Waals surface area (Å²) in [5.74, 6) is 0.312. The molecule has 1 saturated heterocycles. The molecule has 1 aliphatic heterocycles. The Morgan fingerprint density at radius 2 is 1.88 bits per heavy atom. The number of pyridine rings is 1. The number of aryl methyl sites for hydroxylation is 3. The third-order valence-corrected chi connectivity index (χ3v) is 6.76. The van der Waals surface area contributed by atoms with Crippen molar-refractivity contribution in [2.24, 2.45) is 17.6 Å². The van der Waals surface area contributed by atoms with Gasteiger partial charge in [0.25, 0.3) is 5.91 Å². The predicted octanol–water partition coefficient (Wildman–Crippen LogP) is 3.86. The maximum atomic E-state index is 14.5. The minimum Gasteiger partial charge on any atom is -0.486 e. The number of amides is 1. The zero-order chi connectivity index (χ0) is 22.8. The maximum absolute atomic E-state index is 14.5. The standard InChI is InChI=1S/C25H32FN3O3.2ClH/c1-15-5-8-23(16(2)28-15)32-24-12-19-14-29(13-18(19)11-22(24)30)25(31)20-10-17(4-3-9-27)6-7-21(20)26;;/h5-8,10,18-19,22,24,30H,3-4,9,11-14,27H2,1-2H3;2*1H/t18-,19+,22+,24+;;/m0../s1. The number of aromatic nitrogens is 1.